The molecule has 0 saturated carbocycles. The van der Waals surface area contributed by atoms with E-state index in [4.69, 9.17) is 9.05 Å². The van der Waals surface area contributed by atoms with Crippen molar-refractivity contribution < 1.29 is 13.6 Å². The van der Waals surface area contributed by atoms with Crippen LogP contribution in [0.15, 0.2) is 24.3 Å². The first-order valence-corrected chi connectivity index (χ1v) is 7.72. The fourth-order valence-corrected chi connectivity index (χ4v) is 2.92. The van der Waals surface area contributed by atoms with Gasteiger partial charge in [-0.1, -0.05) is 36.8 Å². The zero-order valence-electron chi connectivity index (χ0n) is 11.0. The molecule has 4 heteroatoms. The third-order valence-electron chi connectivity index (χ3n) is 2.58. The van der Waals surface area contributed by atoms with Crippen molar-refractivity contribution in [3.05, 3.63) is 35.4 Å². The van der Waals surface area contributed by atoms with Gasteiger partial charge >= 0.3 is 7.60 Å². The fourth-order valence-electron chi connectivity index (χ4n) is 1.53. The van der Waals surface area contributed by atoms with E-state index in [9.17, 15) is 4.57 Å². The molecule has 0 bridgehead atoms. The maximum Gasteiger partial charge on any atom is 0.330 e. The van der Waals surface area contributed by atoms with Crippen LogP contribution in [0.1, 0.15) is 38.0 Å². The molecule has 1 aromatic rings. The molecule has 3 nitrogen and oxygen atoms in total. The molecule has 0 radical (unpaired) electrons. The Balaban J connectivity index is 2.74. The smallest absolute Gasteiger partial charge is 0.309 e. The summed E-state index contributed by atoms with van der Waals surface area (Å²) in [5, 5.41) is 0. The number of hydrogen-bond acceptors (Lipinski definition) is 3. The van der Waals surface area contributed by atoms with Crippen molar-refractivity contribution in [3.8, 4) is 0 Å². The van der Waals surface area contributed by atoms with E-state index in [1.165, 1.54) is 5.56 Å². The molecule has 0 amide bonds. The highest BCUT2D eigenvalue weighted by Crippen LogP contribution is 2.51. The van der Waals surface area contributed by atoms with Crippen LogP contribution in [0.2, 0.25) is 0 Å². The van der Waals surface area contributed by atoms with Gasteiger partial charge in [-0.05, 0) is 26.3 Å². The van der Waals surface area contributed by atoms with Crippen LogP contribution in [0, 0.1) is 6.92 Å². The summed E-state index contributed by atoms with van der Waals surface area (Å²) in [4.78, 5) is 0. The molecule has 1 rings (SSSR count). The normalized spacial score (nSPS) is 16.5. The van der Waals surface area contributed by atoms with E-state index in [0.29, 0.717) is 12.8 Å². The van der Waals surface area contributed by atoms with E-state index in [-0.39, 0.29) is 6.10 Å². The van der Waals surface area contributed by atoms with Crippen LogP contribution in [0.25, 0.3) is 0 Å². The van der Waals surface area contributed by atoms with Gasteiger partial charge in [0.05, 0.1) is 12.7 Å². The van der Waals surface area contributed by atoms with Crippen LogP contribution in [-0.2, 0) is 13.6 Å². The molecule has 96 valence electrons. The molecule has 0 saturated heterocycles. The zero-order valence-corrected chi connectivity index (χ0v) is 11.9. The topological polar surface area (TPSA) is 35.5 Å². The van der Waals surface area contributed by atoms with Gasteiger partial charge in [-0.3, -0.25) is 4.57 Å². The van der Waals surface area contributed by atoms with E-state index in [1.54, 1.807) is 0 Å². The minimum atomic E-state index is -2.93. The van der Waals surface area contributed by atoms with Crippen molar-refractivity contribution in [1.29, 1.82) is 0 Å². The second kappa shape index (κ2) is 6.34. The minimum Gasteiger partial charge on any atom is -0.309 e. The first kappa shape index (κ1) is 14.4. The lowest BCUT2D eigenvalue weighted by atomic mass is 10.1. The molecule has 0 aliphatic rings. The second-order valence-corrected chi connectivity index (χ2v) is 6.33. The van der Waals surface area contributed by atoms with Crippen LogP contribution in [0.4, 0.5) is 0 Å². The predicted molar refractivity (Wildman–Crippen MR) is 70.5 cm³/mol. The van der Waals surface area contributed by atoms with Gasteiger partial charge in [-0.15, -0.1) is 0 Å². The number of benzene rings is 1. The summed E-state index contributed by atoms with van der Waals surface area (Å²) in [6.07, 6.45) is 0.185. The van der Waals surface area contributed by atoms with Crippen molar-refractivity contribution in [2.75, 3.05) is 12.8 Å². The molecule has 0 fully saturated rings. The Bertz CT molecular complexity index is 386. The van der Waals surface area contributed by atoms with Crippen molar-refractivity contribution in [2.45, 2.75) is 33.8 Å². The predicted octanol–water partition coefficient (Wildman–Crippen LogP) is 4.32. The summed E-state index contributed by atoms with van der Waals surface area (Å²) in [5.41, 5.74) is 2.22. The van der Waals surface area contributed by atoms with Crippen LogP contribution in [-0.4, -0.2) is 12.8 Å². The van der Waals surface area contributed by atoms with Crippen molar-refractivity contribution in [1.82, 2.24) is 0 Å². The van der Waals surface area contributed by atoms with E-state index in [2.05, 4.69) is 0 Å². The maximum absolute atomic E-state index is 12.2. The molecular formula is C13H21O3P. The van der Waals surface area contributed by atoms with Gasteiger partial charge in [-0.2, -0.15) is 0 Å². The van der Waals surface area contributed by atoms with Gasteiger partial charge in [0.15, 0.2) is 0 Å². The van der Waals surface area contributed by atoms with E-state index < -0.39 is 7.60 Å². The highest BCUT2D eigenvalue weighted by atomic mass is 31.2. The minimum absolute atomic E-state index is 0.215. The third-order valence-corrected chi connectivity index (χ3v) is 4.64. The molecule has 2 atom stereocenters. The average Bonchev–Trinajstić information content (AvgIpc) is 2.30. The van der Waals surface area contributed by atoms with Crippen molar-refractivity contribution >= 4 is 7.60 Å². The summed E-state index contributed by atoms with van der Waals surface area (Å²) in [6.45, 7) is 7.98. The number of aryl methyl sites for hydroxylation is 1. The molecule has 0 aromatic heterocycles. The molecule has 0 spiro atoms. The highest BCUT2D eigenvalue weighted by Gasteiger charge is 2.24. The van der Waals surface area contributed by atoms with Gasteiger partial charge < -0.3 is 9.05 Å². The lowest BCUT2D eigenvalue weighted by molar-refractivity contribution is 0.164. The molecule has 0 aliphatic heterocycles. The monoisotopic (exact) mass is 256 g/mol. The van der Waals surface area contributed by atoms with Crippen LogP contribution >= 0.6 is 7.60 Å². The Labute approximate surface area is 104 Å². The van der Waals surface area contributed by atoms with Crippen molar-refractivity contribution in [3.63, 3.8) is 0 Å². The molecular weight excluding hydrogens is 235 g/mol. The van der Waals surface area contributed by atoms with Gasteiger partial charge in [0.25, 0.3) is 0 Å². The Morgan fingerprint density at radius 3 is 2.29 bits per heavy atom. The Morgan fingerprint density at radius 1 is 1.24 bits per heavy atom. The first-order chi connectivity index (χ1) is 8.00. The molecule has 0 N–H and O–H groups in total. The van der Waals surface area contributed by atoms with E-state index in [0.717, 1.165) is 5.56 Å². The molecule has 1 aromatic carbocycles. The van der Waals surface area contributed by atoms with Crippen LogP contribution in [0.3, 0.4) is 0 Å². The van der Waals surface area contributed by atoms with Gasteiger partial charge in [0, 0.05) is 6.16 Å². The molecule has 2 unspecified atom stereocenters. The number of rotatable bonds is 6. The Hall–Kier alpha value is -0.630. The Kier molecular flexibility index (Phi) is 5.38. The zero-order chi connectivity index (χ0) is 12.9. The quantitative estimate of drug-likeness (QED) is 0.711. The van der Waals surface area contributed by atoms with Crippen molar-refractivity contribution in [2.24, 2.45) is 0 Å². The third kappa shape index (κ3) is 4.27. The summed E-state index contributed by atoms with van der Waals surface area (Å²) in [6, 6.07) is 8.03. The largest absolute Gasteiger partial charge is 0.330 e. The molecule has 0 heterocycles. The summed E-state index contributed by atoms with van der Waals surface area (Å²) < 4.78 is 23.0. The highest BCUT2D eigenvalue weighted by molar-refractivity contribution is 7.53. The lowest BCUT2D eigenvalue weighted by Crippen LogP contribution is -2.03. The summed E-state index contributed by atoms with van der Waals surface area (Å²) in [7, 11) is -2.93. The van der Waals surface area contributed by atoms with E-state index in [1.807, 2.05) is 52.0 Å². The van der Waals surface area contributed by atoms with Crippen LogP contribution in [0.5, 0.6) is 0 Å². The lowest BCUT2D eigenvalue weighted by Gasteiger charge is -2.21. The first-order valence-electron chi connectivity index (χ1n) is 5.99. The standard InChI is InChI=1S/C13H21O3P/c1-5-15-17(14,6-2)16-12(4)13-9-7-11(3)8-10-13/h7-10,12H,5-6H2,1-4H3. The van der Waals surface area contributed by atoms with Gasteiger partial charge in [0.1, 0.15) is 0 Å². The van der Waals surface area contributed by atoms with Gasteiger partial charge in [0.2, 0.25) is 0 Å². The molecule has 17 heavy (non-hydrogen) atoms. The SMILES string of the molecule is CCOP(=O)(CC)OC(C)c1ccc(C)cc1. The maximum atomic E-state index is 12.2. The average molecular weight is 256 g/mol. The Morgan fingerprint density at radius 2 is 1.82 bits per heavy atom. The summed E-state index contributed by atoms with van der Waals surface area (Å²) >= 11 is 0. The summed E-state index contributed by atoms with van der Waals surface area (Å²) in [5.74, 6) is 0. The second-order valence-electron chi connectivity index (χ2n) is 4.00. The number of hydrogen-bond donors (Lipinski definition) is 0. The molecule has 0 aliphatic carbocycles. The van der Waals surface area contributed by atoms with Crippen LogP contribution < -0.4 is 0 Å². The fraction of sp³-hybridized carbons (Fsp3) is 0.538. The van der Waals surface area contributed by atoms with Gasteiger partial charge in [-0.25, -0.2) is 0 Å². The van der Waals surface area contributed by atoms with E-state index >= 15 is 0 Å².